The van der Waals surface area contributed by atoms with Gasteiger partial charge in [0.2, 0.25) is 5.78 Å². The molecule has 0 saturated carbocycles. The molecule has 2 aromatic carbocycles. The smallest absolute Gasteiger partial charge is 0.262 e. The minimum atomic E-state index is -0.334. The molecule has 30 heavy (non-hydrogen) atoms. The number of ketones is 1. The van der Waals surface area contributed by atoms with Gasteiger partial charge in [0.25, 0.3) is 5.91 Å². The van der Waals surface area contributed by atoms with Crippen molar-refractivity contribution in [2.45, 2.75) is 6.42 Å². The lowest BCUT2D eigenvalue weighted by atomic mass is 9.92. The number of halogens is 1. The minimum absolute atomic E-state index is 0.120. The predicted molar refractivity (Wildman–Crippen MR) is 118 cm³/mol. The average Bonchev–Trinajstić information content (AvgIpc) is 2.77. The Kier molecular flexibility index (Phi) is 5.47. The van der Waals surface area contributed by atoms with Crippen LogP contribution in [0.25, 0.3) is 6.08 Å². The molecule has 0 spiro atoms. The van der Waals surface area contributed by atoms with Crippen molar-refractivity contribution in [3.8, 4) is 11.8 Å². The van der Waals surface area contributed by atoms with Gasteiger partial charge in [-0.1, -0.05) is 35.6 Å². The van der Waals surface area contributed by atoms with E-state index in [0.29, 0.717) is 22.7 Å². The Labute approximate surface area is 179 Å². The first kappa shape index (κ1) is 19.6. The van der Waals surface area contributed by atoms with Crippen molar-refractivity contribution in [2.75, 3.05) is 11.9 Å². The summed E-state index contributed by atoms with van der Waals surface area (Å²) in [7, 11) is 1.66. The Morgan fingerprint density at radius 3 is 2.50 bits per heavy atom. The highest BCUT2D eigenvalue weighted by atomic mass is 35.5. The maximum Gasteiger partial charge on any atom is 0.262 e. The van der Waals surface area contributed by atoms with Crippen molar-refractivity contribution in [1.82, 2.24) is 4.98 Å². The Morgan fingerprint density at radius 2 is 1.77 bits per heavy atom. The molecule has 0 aliphatic carbocycles. The van der Waals surface area contributed by atoms with E-state index in [1.807, 2.05) is 18.2 Å². The first-order valence-electron chi connectivity index (χ1n) is 9.35. The molecular formula is C25H17ClN2O2. The molecule has 1 aromatic heterocycles. The number of benzene rings is 2. The fourth-order valence-corrected chi connectivity index (χ4v) is 3.35. The number of anilines is 1. The van der Waals surface area contributed by atoms with Crippen LogP contribution in [0.1, 0.15) is 27.0 Å². The number of fused-ring (bicyclic) bond motifs is 1. The number of nitrogens with zero attached hydrogens (tertiary/aromatic N) is 2. The number of Topliss-reactive ketones (excluding diaryl/α,β-unsaturated/α-hetero) is 1. The molecule has 146 valence electrons. The third-order valence-corrected chi connectivity index (χ3v) is 5.09. The maximum absolute atomic E-state index is 13.1. The lowest BCUT2D eigenvalue weighted by molar-refractivity contribution is -0.114. The Bertz CT molecular complexity index is 1220. The maximum atomic E-state index is 13.1. The van der Waals surface area contributed by atoms with Crippen LogP contribution in [0.3, 0.4) is 0 Å². The molecule has 5 heteroatoms. The zero-order chi connectivity index (χ0) is 21.1. The summed E-state index contributed by atoms with van der Waals surface area (Å²) in [6.07, 6.45) is 5.65. The summed E-state index contributed by atoms with van der Waals surface area (Å²) in [5.74, 6) is 5.58. The topological polar surface area (TPSA) is 50.3 Å². The average molecular weight is 413 g/mol. The molecule has 4 rings (SSSR count). The highest BCUT2D eigenvalue weighted by molar-refractivity contribution is 6.36. The molecular weight excluding hydrogens is 396 g/mol. The van der Waals surface area contributed by atoms with Crippen molar-refractivity contribution < 1.29 is 9.59 Å². The van der Waals surface area contributed by atoms with Gasteiger partial charge in [0.05, 0.1) is 11.3 Å². The molecule has 0 saturated heterocycles. The zero-order valence-corrected chi connectivity index (χ0v) is 17.0. The van der Waals surface area contributed by atoms with E-state index in [0.717, 1.165) is 16.7 Å². The van der Waals surface area contributed by atoms with E-state index in [9.17, 15) is 9.59 Å². The van der Waals surface area contributed by atoms with Crippen LogP contribution in [0.4, 0.5) is 5.69 Å². The lowest BCUT2D eigenvalue weighted by Gasteiger charge is -2.26. The molecule has 0 N–H and O–H groups in total. The van der Waals surface area contributed by atoms with E-state index < -0.39 is 0 Å². The number of aromatic nitrogens is 1. The fourth-order valence-electron chi connectivity index (χ4n) is 3.22. The van der Waals surface area contributed by atoms with Crippen LogP contribution in [-0.4, -0.2) is 23.7 Å². The quantitative estimate of drug-likeness (QED) is 0.352. The lowest BCUT2D eigenvalue weighted by Crippen LogP contribution is -2.36. The second-order valence-corrected chi connectivity index (χ2v) is 7.31. The van der Waals surface area contributed by atoms with E-state index in [4.69, 9.17) is 11.6 Å². The number of pyridine rings is 1. The molecule has 0 bridgehead atoms. The molecule has 1 aliphatic heterocycles. The molecule has 2 heterocycles. The van der Waals surface area contributed by atoms with E-state index in [-0.39, 0.29) is 17.3 Å². The van der Waals surface area contributed by atoms with Crippen LogP contribution < -0.4 is 4.90 Å². The van der Waals surface area contributed by atoms with Gasteiger partial charge in [0, 0.05) is 42.0 Å². The normalized spacial score (nSPS) is 14.3. The molecule has 0 fully saturated rings. The van der Waals surface area contributed by atoms with Crippen LogP contribution in [0, 0.1) is 11.8 Å². The van der Waals surface area contributed by atoms with Gasteiger partial charge in [-0.2, -0.15) is 0 Å². The second kappa shape index (κ2) is 8.36. The number of carbonyl (C=O) groups excluding carboxylic acids is 2. The van der Waals surface area contributed by atoms with Crippen molar-refractivity contribution >= 4 is 35.1 Å². The largest absolute Gasteiger partial charge is 0.311 e. The van der Waals surface area contributed by atoms with E-state index in [1.165, 1.54) is 4.90 Å². The fraction of sp³-hybridized carbons (Fsp3) is 0.0800. The number of amides is 1. The summed E-state index contributed by atoms with van der Waals surface area (Å²) in [5.41, 5.74) is 3.70. The summed E-state index contributed by atoms with van der Waals surface area (Å²) < 4.78 is 0. The third-order valence-electron chi connectivity index (χ3n) is 4.84. The summed E-state index contributed by atoms with van der Waals surface area (Å²) in [5, 5.41) is 0.593. The van der Waals surface area contributed by atoms with Crippen molar-refractivity contribution in [3.05, 3.63) is 99.8 Å². The standard InChI is InChI=1S/C25H17ClN2O2/c1-28-23-10-7-18(4-2-3-17-11-13-27-14-12-17)15-21(23)24(29)22(25(28)30)16-19-5-8-20(26)9-6-19/h5-16H,3H2,1H3/b22-16-. The SMILES string of the molecule is CN1C(=O)/C(=C\c2ccc(Cl)cc2)C(=O)c2cc(C#CCc3ccncc3)ccc21. The monoisotopic (exact) mass is 412 g/mol. The van der Waals surface area contributed by atoms with Crippen molar-refractivity contribution in [2.24, 2.45) is 0 Å². The summed E-state index contributed by atoms with van der Waals surface area (Å²) in [6.45, 7) is 0. The van der Waals surface area contributed by atoms with Gasteiger partial charge in [-0.25, -0.2) is 0 Å². The van der Waals surface area contributed by atoms with E-state index >= 15 is 0 Å². The molecule has 0 atom stereocenters. The number of rotatable bonds is 2. The van der Waals surface area contributed by atoms with Crippen LogP contribution in [0.2, 0.25) is 5.02 Å². The van der Waals surface area contributed by atoms with Crippen molar-refractivity contribution in [1.29, 1.82) is 0 Å². The van der Waals surface area contributed by atoms with Gasteiger partial charge in [0.1, 0.15) is 0 Å². The van der Waals surface area contributed by atoms with Crippen LogP contribution in [0.15, 0.2) is 72.6 Å². The number of hydrogen-bond donors (Lipinski definition) is 0. The number of hydrogen-bond acceptors (Lipinski definition) is 3. The van der Waals surface area contributed by atoms with Crippen LogP contribution in [0.5, 0.6) is 0 Å². The molecule has 4 nitrogen and oxygen atoms in total. The molecule has 1 aliphatic rings. The van der Waals surface area contributed by atoms with Gasteiger partial charge < -0.3 is 4.90 Å². The second-order valence-electron chi connectivity index (χ2n) is 6.87. The van der Waals surface area contributed by atoms with Crippen molar-refractivity contribution in [3.63, 3.8) is 0 Å². The highest BCUT2D eigenvalue weighted by Crippen LogP contribution is 2.31. The first-order valence-corrected chi connectivity index (χ1v) is 9.72. The molecule has 0 radical (unpaired) electrons. The first-order chi connectivity index (χ1) is 14.5. The Hall–Kier alpha value is -3.68. The van der Waals surface area contributed by atoms with Gasteiger partial charge >= 0.3 is 0 Å². The summed E-state index contributed by atoms with van der Waals surface area (Å²) in [4.78, 5) is 31.3. The van der Waals surface area contributed by atoms with Gasteiger partial charge in [0.15, 0.2) is 0 Å². The zero-order valence-electron chi connectivity index (χ0n) is 16.2. The summed E-state index contributed by atoms with van der Waals surface area (Å²) >= 11 is 5.92. The minimum Gasteiger partial charge on any atom is -0.311 e. The van der Waals surface area contributed by atoms with Gasteiger partial charge in [-0.3, -0.25) is 14.6 Å². The Balaban J connectivity index is 1.66. The predicted octanol–water partition coefficient (Wildman–Crippen LogP) is 4.57. The van der Waals surface area contributed by atoms with E-state index in [2.05, 4.69) is 16.8 Å². The van der Waals surface area contributed by atoms with Gasteiger partial charge in [-0.05, 0) is 59.7 Å². The van der Waals surface area contributed by atoms with Crippen LogP contribution in [-0.2, 0) is 11.2 Å². The number of likely N-dealkylation sites (N-methyl/N-ethyl adjacent to an activating group) is 1. The van der Waals surface area contributed by atoms with Gasteiger partial charge in [-0.15, -0.1) is 0 Å². The van der Waals surface area contributed by atoms with Crippen LogP contribution >= 0.6 is 11.6 Å². The molecule has 1 amide bonds. The van der Waals surface area contributed by atoms with E-state index in [1.54, 1.807) is 61.9 Å². The number of carbonyl (C=O) groups is 2. The highest BCUT2D eigenvalue weighted by Gasteiger charge is 2.32. The third kappa shape index (κ3) is 4.03. The Morgan fingerprint density at radius 1 is 1.03 bits per heavy atom. The molecule has 0 unspecified atom stereocenters. The summed E-state index contributed by atoms with van der Waals surface area (Å²) in [6, 6.07) is 16.2. The molecule has 3 aromatic rings.